The zero-order valence-electron chi connectivity index (χ0n) is 10.6. The molecule has 0 amide bonds. The van der Waals surface area contributed by atoms with Gasteiger partial charge in [-0.25, -0.2) is 14.6 Å². The van der Waals surface area contributed by atoms with Crippen LogP contribution >= 0.6 is 0 Å². The van der Waals surface area contributed by atoms with Gasteiger partial charge >= 0.3 is 11.9 Å². The summed E-state index contributed by atoms with van der Waals surface area (Å²) in [6.07, 6.45) is 2.88. The van der Waals surface area contributed by atoms with Crippen LogP contribution in [0.4, 0.5) is 0 Å². The van der Waals surface area contributed by atoms with Crippen LogP contribution in [0.15, 0.2) is 18.3 Å². The van der Waals surface area contributed by atoms with Gasteiger partial charge in [-0.1, -0.05) is 13.8 Å². The van der Waals surface area contributed by atoms with Crippen LogP contribution in [0.25, 0.3) is 0 Å². The second kappa shape index (κ2) is 7.42. The average Bonchev–Trinajstić information content (AvgIpc) is 2.42. The lowest BCUT2D eigenvalue weighted by atomic mass is 10.2. The first kappa shape index (κ1) is 14.2. The molecule has 1 heterocycles. The van der Waals surface area contributed by atoms with E-state index in [4.69, 9.17) is 9.47 Å². The summed E-state index contributed by atoms with van der Waals surface area (Å²) in [5.74, 6) is -1.14. The predicted molar refractivity (Wildman–Crippen MR) is 65.4 cm³/mol. The molecule has 1 aromatic heterocycles. The Balaban J connectivity index is 2.85. The van der Waals surface area contributed by atoms with Gasteiger partial charge in [-0.2, -0.15) is 0 Å². The third kappa shape index (κ3) is 3.84. The first-order valence-corrected chi connectivity index (χ1v) is 6.00. The number of esters is 2. The molecule has 0 unspecified atom stereocenters. The van der Waals surface area contributed by atoms with Crippen LogP contribution in [0.5, 0.6) is 0 Å². The summed E-state index contributed by atoms with van der Waals surface area (Å²) >= 11 is 0. The molecule has 0 aromatic carbocycles. The molecule has 0 atom stereocenters. The SMILES string of the molecule is CCCOC(=O)c1cccnc1C(=O)OCCC. The predicted octanol–water partition coefficient (Wildman–Crippen LogP) is 2.22. The zero-order chi connectivity index (χ0) is 13.4. The number of carbonyl (C=O) groups is 2. The Hall–Kier alpha value is -1.91. The van der Waals surface area contributed by atoms with Crippen LogP contribution in [0.3, 0.4) is 0 Å². The molecule has 18 heavy (non-hydrogen) atoms. The summed E-state index contributed by atoms with van der Waals surface area (Å²) in [4.78, 5) is 27.3. The van der Waals surface area contributed by atoms with Crippen molar-refractivity contribution in [2.75, 3.05) is 13.2 Å². The van der Waals surface area contributed by atoms with Crippen LogP contribution in [0.2, 0.25) is 0 Å². The van der Waals surface area contributed by atoms with Gasteiger partial charge in [0, 0.05) is 6.20 Å². The van der Waals surface area contributed by atoms with Crippen LogP contribution < -0.4 is 0 Å². The standard InChI is InChI=1S/C13H17NO4/c1-3-8-17-12(15)10-6-5-7-14-11(10)13(16)18-9-4-2/h5-7H,3-4,8-9H2,1-2H3. The molecule has 98 valence electrons. The number of hydrogen-bond acceptors (Lipinski definition) is 5. The molecule has 0 saturated carbocycles. The fraction of sp³-hybridized carbons (Fsp3) is 0.462. The normalized spacial score (nSPS) is 9.89. The van der Waals surface area contributed by atoms with E-state index in [0.717, 1.165) is 6.42 Å². The number of rotatable bonds is 6. The highest BCUT2D eigenvalue weighted by Crippen LogP contribution is 2.09. The smallest absolute Gasteiger partial charge is 0.357 e. The monoisotopic (exact) mass is 251 g/mol. The topological polar surface area (TPSA) is 65.5 Å². The molecule has 0 spiro atoms. The number of hydrogen-bond donors (Lipinski definition) is 0. The lowest BCUT2D eigenvalue weighted by Crippen LogP contribution is -2.16. The van der Waals surface area contributed by atoms with Gasteiger partial charge in [0.15, 0.2) is 5.69 Å². The largest absolute Gasteiger partial charge is 0.462 e. The molecule has 0 aliphatic carbocycles. The second-order valence-corrected chi connectivity index (χ2v) is 3.67. The molecular formula is C13H17NO4. The van der Waals surface area contributed by atoms with Gasteiger partial charge in [-0.15, -0.1) is 0 Å². The zero-order valence-corrected chi connectivity index (χ0v) is 10.6. The van der Waals surface area contributed by atoms with Crippen molar-refractivity contribution in [1.29, 1.82) is 0 Å². The fourth-order valence-corrected chi connectivity index (χ4v) is 1.27. The Bertz CT molecular complexity index is 378. The van der Waals surface area contributed by atoms with E-state index < -0.39 is 11.9 Å². The summed E-state index contributed by atoms with van der Waals surface area (Å²) in [7, 11) is 0. The molecule has 0 aliphatic heterocycles. The van der Waals surface area contributed by atoms with E-state index in [0.29, 0.717) is 19.6 Å². The second-order valence-electron chi connectivity index (χ2n) is 3.67. The van der Waals surface area contributed by atoms with Gasteiger partial charge in [0.1, 0.15) is 0 Å². The molecular weight excluding hydrogens is 234 g/mol. The van der Waals surface area contributed by atoms with E-state index in [9.17, 15) is 9.59 Å². The highest BCUT2D eigenvalue weighted by atomic mass is 16.5. The summed E-state index contributed by atoms with van der Waals surface area (Å²) in [5, 5.41) is 0. The molecule has 5 heteroatoms. The fourth-order valence-electron chi connectivity index (χ4n) is 1.27. The van der Waals surface area contributed by atoms with Gasteiger partial charge in [0.05, 0.1) is 18.8 Å². The van der Waals surface area contributed by atoms with E-state index in [2.05, 4.69) is 4.98 Å². The van der Waals surface area contributed by atoms with E-state index in [-0.39, 0.29) is 11.3 Å². The Kier molecular flexibility index (Phi) is 5.84. The van der Waals surface area contributed by atoms with Crippen LogP contribution in [-0.2, 0) is 9.47 Å². The Morgan fingerprint density at radius 1 is 1.11 bits per heavy atom. The van der Waals surface area contributed by atoms with Crippen molar-refractivity contribution in [2.24, 2.45) is 0 Å². The Morgan fingerprint density at radius 2 is 1.72 bits per heavy atom. The summed E-state index contributed by atoms with van der Waals surface area (Å²) in [5.41, 5.74) is 0.152. The third-order valence-corrected chi connectivity index (χ3v) is 2.10. The van der Waals surface area contributed by atoms with Crippen LogP contribution in [0, 0.1) is 0 Å². The maximum Gasteiger partial charge on any atom is 0.357 e. The Morgan fingerprint density at radius 3 is 2.33 bits per heavy atom. The molecule has 0 saturated heterocycles. The van der Waals surface area contributed by atoms with Crippen molar-refractivity contribution in [1.82, 2.24) is 4.98 Å². The first-order chi connectivity index (χ1) is 8.70. The van der Waals surface area contributed by atoms with Crippen molar-refractivity contribution in [2.45, 2.75) is 26.7 Å². The number of aromatic nitrogens is 1. The van der Waals surface area contributed by atoms with E-state index >= 15 is 0 Å². The minimum Gasteiger partial charge on any atom is -0.462 e. The summed E-state index contributed by atoms with van der Waals surface area (Å²) in [6.45, 7) is 4.41. The van der Waals surface area contributed by atoms with Crippen LogP contribution in [-0.4, -0.2) is 30.1 Å². The van der Waals surface area contributed by atoms with E-state index in [1.54, 1.807) is 6.07 Å². The van der Waals surface area contributed by atoms with E-state index in [1.165, 1.54) is 12.3 Å². The van der Waals surface area contributed by atoms with Crippen molar-refractivity contribution in [3.05, 3.63) is 29.6 Å². The minimum absolute atomic E-state index is 0.00653. The lowest BCUT2D eigenvalue weighted by Gasteiger charge is -2.07. The minimum atomic E-state index is -0.596. The highest BCUT2D eigenvalue weighted by Gasteiger charge is 2.20. The van der Waals surface area contributed by atoms with Gasteiger partial charge in [0.25, 0.3) is 0 Å². The van der Waals surface area contributed by atoms with Crippen molar-refractivity contribution < 1.29 is 19.1 Å². The quantitative estimate of drug-likeness (QED) is 0.725. The molecule has 1 rings (SSSR count). The average molecular weight is 251 g/mol. The maximum absolute atomic E-state index is 11.7. The molecule has 0 N–H and O–H groups in total. The molecule has 0 fully saturated rings. The van der Waals surface area contributed by atoms with Crippen LogP contribution in [0.1, 0.15) is 47.5 Å². The van der Waals surface area contributed by atoms with Gasteiger partial charge in [-0.05, 0) is 25.0 Å². The molecule has 5 nitrogen and oxygen atoms in total. The van der Waals surface area contributed by atoms with Gasteiger partial charge in [0.2, 0.25) is 0 Å². The number of ether oxygens (including phenoxy) is 2. The first-order valence-electron chi connectivity index (χ1n) is 6.00. The lowest BCUT2D eigenvalue weighted by molar-refractivity contribution is 0.0452. The maximum atomic E-state index is 11.7. The molecule has 0 bridgehead atoms. The van der Waals surface area contributed by atoms with Crippen molar-refractivity contribution in [3.8, 4) is 0 Å². The number of carbonyl (C=O) groups excluding carboxylic acids is 2. The molecule has 1 aromatic rings. The van der Waals surface area contributed by atoms with Crippen molar-refractivity contribution >= 4 is 11.9 Å². The molecule has 0 aliphatic rings. The number of nitrogens with zero attached hydrogens (tertiary/aromatic N) is 1. The third-order valence-electron chi connectivity index (χ3n) is 2.10. The number of pyridine rings is 1. The molecule has 0 radical (unpaired) electrons. The highest BCUT2D eigenvalue weighted by molar-refractivity contribution is 6.01. The van der Waals surface area contributed by atoms with Gasteiger partial charge < -0.3 is 9.47 Å². The van der Waals surface area contributed by atoms with Gasteiger partial charge in [-0.3, -0.25) is 0 Å². The van der Waals surface area contributed by atoms with Crippen molar-refractivity contribution in [3.63, 3.8) is 0 Å². The Labute approximate surface area is 106 Å². The summed E-state index contributed by atoms with van der Waals surface area (Å²) in [6, 6.07) is 3.09. The summed E-state index contributed by atoms with van der Waals surface area (Å²) < 4.78 is 9.95. The van der Waals surface area contributed by atoms with E-state index in [1.807, 2.05) is 13.8 Å².